The Bertz CT molecular complexity index is 653. The number of amides is 1. The second-order valence-corrected chi connectivity index (χ2v) is 5.82. The van der Waals surface area contributed by atoms with E-state index in [1.54, 1.807) is 27.7 Å². The molecule has 0 aromatic heterocycles. The molecule has 0 spiro atoms. The van der Waals surface area contributed by atoms with E-state index in [2.05, 4.69) is 21.9 Å². The number of carbonyl (C=O) groups excluding carboxylic acids is 2. The third kappa shape index (κ3) is 6.39. The summed E-state index contributed by atoms with van der Waals surface area (Å²) in [7, 11) is 1.21. The van der Waals surface area contributed by atoms with Crippen LogP contribution in [0, 0.1) is 17.7 Å². The topological polar surface area (TPSA) is 64.6 Å². The van der Waals surface area contributed by atoms with Gasteiger partial charge in [-0.25, -0.2) is 14.0 Å². The van der Waals surface area contributed by atoms with Gasteiger partial charge in [0.1, 0.15) is 11.4 Å². The molecule has 5 nitrogen and oxygen atoms in total. The molecule has 1 amide bonds. The number of carbonyl (C=O) groups is 2. The molecule has 0 radical (unpaired) electrons. The van der Waals surface area contributed by atoms with Gasteiger partial charge in [-0.2, -0.15) is 0 Å². The van der Waals surface area contributed by atoms with Gasteiger partial charge < -0.3 is 14.8 Å². The summed E-state index contributed by atoms with van der Waals surface area (Å²) in [5.41, 5.74) is -0.257. The largest absolute Gasteiger partial charge is 0.465 e. The molecule has 124 valence electrons. The van der Waals surface area contributed by atoms with E-state index in [9.17, 15) is 14.0 Å². The van der Waals surface area contributed by atoms with Gasteiger partial charge in [-0.1, -0.05) is 11.8 Å². The van der Waals surface area contributed by atoms with Gasteiger partial charge in [0.25, 0.3) is 0 Å². The van der Waals surface area contributed by atoms with Crippen LogP contribution in [-0.2, 0) is 9.47 Å². The number of nitrogens with one attached hydrogen (secondary N) is 1. The maximum absolute atomic E-state index is 13.2. The van der Waals surface area contributed by atoms with Crippen molar-refractivity contribution < 1.29 is 23.5 Å². The lowest BCUT2D eigenvalue weighted by atomic mass is 10.1. The van der Waals surface area contributed by atoms with Crippen molar-refractivity contribution in [3.05, 3.63) is 35.1 Å². The first kappa shape index (κ1) is 18.5. The van der Waals surface area contributed by atoms with Gasteiger partial charge in [-0.3, -0.25) is 0 Å². The number of halogens is 1. The van der Waals surface area contributed by atoms with Crippen molar-refractivity contribution in [2.24, 2.45) is 0 Å². The first-order valence-corrected chi connectivity index (χ1v) is 7.01. The van der Waals surface area contributed by atoms with Crippen molar-refractivity contribution in [3.63, 3.8) is 0 Å². The molecule has 0 saturated heterocycles. The van der Waals surface area contributed by atoms with Crippen LogP contribution in [0.5, 0.6) is 0 Å². The molecule has 6 heteroatoms. The lowest BCUT2D eigenvalue weighted by Crippen LogP contribution is -2.37. The fourth-order valence-corrected chi connectivity index (χ4v) is 1.61. The van der Waals surface area contributed by atoms with Gasteiger partial charge in [-0.15, -0.1) is 0 Å². The molecule has 1 N–H and O–H groups in total. The molecule has 1 atom stereocenters. The Morgan fingerprint density at radius 2 is 1.96 bits per heavy atom. The normalized spacial score (nSPS) is 11.7. The molecule has 0 aliphatic rings. The molecular weight excluding hydrogens is 301 g/mol. The third-order valence-corrected chi connectivity index (χ3v) is 2.54. The third-order valence-electron chi connectivity index (χ3n) is 2.54. The van der Waals surface area contributed by atoms with Crippen molar-refractivity contribution in [2.75, 3.05) is 7.11 Å². The Balaban J connectivity index is 2.87. The fraction of sp³-hybridized carbons (Fsp3) is 0.412. The van der Waals surface area contributed by atoms with Crippen LogP contribution in [-0.4, -0.2) is 30.8 Å². The van der Waals surface area contributed by atoms with Crippen LogP contribution in [0.25, 0.3) is 0 Å². The van der Waals surface area contributed by atoms with E-state index in [1.165, 1.54) is 19.2 Å². The van der Waals surface area contributed by atoms with Crippen LogP contribution in [0.4, 0.5) is 9.18 Å². The van der Waals surface area contributed by atoms with Crippen LogP contribution >= 0.6 is 0 Å². The van der Waals surface area contributed by atoms with E-state index in [1.807, 2.05) is 0 Å². The van der Waals surface area contributed by atoms with Gasteiger partial charge in [0.05, 0.1) is 18.7 Å². The molecule has 0 unspecified atom stereocenters. The van der Waals surface area contributed by atoms with Gasteiger partial charge in [-0.05, 0) is 45.9 Å². The van der Waals surface area contributed by atoms with Gasteiger partial charge >= 0.3 is 12.1 Å². The van der Waals surface area contributed by atoms with Crippen molar-refractivity contribution in [1.82, 2.24) is 5.32 Å². The second kappa shape index (κ2) is 7.63. The molecule has 0 bridgehead atoms. The Morgan fingerprint density at radius 1 is 1.30 bits per heavy atom. The molecule has 1 aromatic carbocycles. The first-order valence-electron chi connectivity index (χ1n) is 7.01. The number of esters is 1. The zero-order chi connectivity index (χ0) is 17.6. The molecule has 0 aliphatic heterocycles. The highest BCUT2D eigenvalue weighted by molar-refractivity contribution is 5.92. The highest BCUT2D eigenvalue weighted by Crippen LogP contribution is 2.12. The van der Waals surface area contributed by atoms with E-state index in [0.29, 0.717) is 5.56 Å². The summed E-state index contributed by atoms with van der Waals surface area (Å²) in [4.78, 5) is 23.2. The van der Waals surface area contributed by atoms with Crippen LogP contribution in [0.2, 0.25) is 0 Å². The van der Waals surface area contributed by atoms with E-state index in [-0.39, 0.29) is 5.56 Å². The molecule has 23 heavy (non-hydrogen) atoms. The minimum atomic E-state index is -0.679. The molecule has 0 aliphatic carbocycles. The van der Waals surface area contributed by atoms with Crippen LogP contribution in [0.1, 0.15) is 43.6 Å². The average Bonchev–Trinajstić information content (AvgIpc) is 2.42. The van der Waals surface area contributed by atoms with Gasteiger partial charge in [0.2, 0.25) is 0 Å². The number of methoxy groups -OCH3 is 1. The number of hydrogen-bond donors (Lipinski definition) is 1. The summed E-state index contributed by atoms with van der Waals surface area (Å²) in [6.07, 6.45) is -0.591. The lowest BCUT2D eigenvalue weighted by Gasteiger charge is -2.20. The highest BCUT2D eigenvalue weighted by Gasteiger charge is 2.17. The van der Waals surface area contributed by atoms with Gasteiger partial charge in [0.15, 0.2) is 0 Å². The minimum Gasteiger partial charge on any atom is -0.465 e. The standard InChI is InChI=1S/C17H20FNO4/c1-11(19-16(21)23-17(2,3)4)6-7-12-8-9-13(18)10-14(12)15(20)22-5/h8-11H,1-5H3,(H,19,21)/t11-/m0/s1. The number of hydrogen-bond acceptors (Lipinski definition) is 4. The summed E-state index contributed by atoms with van der Waals surface area (Å²) in [5, 5.41) is 2.56. The smallest absolute Gasteiger partial charge is 0.408 e. The number of rotatable bonds is 2. The average molecular weight is 321 g/mol. The Kier molecular flexibility index (Phi) is 6.14. The summed E-state index contributed by atoms with van der Waals surface area (Å²) in [5.74, 6) is 4.26. The van der Waals surface area contributed by atoms with Gasteiger partial charge in [0, 0.05) is 5.56 Å². The van der Waals surface area contributed by atoms with Crippen molar-refractivity contribution in [3.8, 4) is 11.8 Å². The SMILES string of the molecule is COC(=O)c1cc(F)ccc1C#C[C@H](C)NC(=O)OC(C)(C)C. The molecule has 0 saturated carbocycles. The van der Waals surface area contributed by atoms with Crippen LogP contribution < -0.4 is 5.32 Å². The molecule has 1 rings (SSSR count). The van der Waals surface area contributed by atoms with E-state index >= 15 is 0 Å². The quantitative estimate of drug-likeness (QED) is 0.672. The van der Waals surface area contributed by atoms with Crippen molar-refractivity contribution >= 4 is 12.1 Å². The maximum atomic E-state index is 13.2. The summed E-state index contributed by atoms with van der Waals surface area (Å²) in [6, 6.07) is 3.12. The Labute approximate surface area is 135 Å². The Morgan fingerprint density at radius 3 is 2.52 bits per heavy atom. The maximum Gasteiger partial charge on any atom is 0.408 e. The summed E-state index contributed by atoms with van der Waals surface area (Å²) in [6.45, 7) is 6.93. The van der Waals surface area contributed by atoms with Crippen molar-refractivity contribution in [1.29, 1.82) is 0 Å². The lowest BCUT2D eigenvalue weighted by molar-refractivity contribution is 0.0518. The number of ether oxygens (including phenoxy) is 2. The number of alkyl carbamates (subject to hydrolysis) is 1. The first-order chi connectivity index (χ1) is 10.6. The van der Waals surface area contributed by atoms with E-state index in [4.69, 9.17) is 4.74 Å². The predicted octanol–water partition coefficient (Wildman–Crippen LogP) is 2.88. The van der Waals surface area contributed by atoms with Crippen LogP contribution in [0.15, 0.2) is 18.2 Å². The minimum absolute atomic E-state index is 0.0319. The summed E-state index contributed by atoms with van der Waals surface area (Å²) < 4.78 is 23.0. The van der Waals surface area contributed by atoms with E-state index < -0.39 is 29.5 Å². The van der Waals surface area contributed by atoms with E-state index in [0.717, 1.165) is 6.07 Å². The predicted molar refractivity (Wildman–Crippen MR) is 83.4 cm³/mol. The number of benzene rings is 1. The second-order valence-electron chi connectivity index (χ2n) is 5.82. The Hall–Kier alpha value is -2.55. The molecular formula is C17H20FNO4. The van der Waals surface area contributed by atoms with Crippen molar-refractivity contribution in [2.45, 2.75) is 39.3 Å². The molecule has 0 fully saturated rings. The summed E-state index contributed by atoms with van der Waals surface area (Å²) >= 11 is 0. The molecule has 1 aromatic rings. The zero-order valence-electron chi connectivity index (χ0n) is 13.8. The zero-order valence-corrected chi connectivity index (χ0v) is 13.8. The molecule has 0 heterocycles. The highest BCUT2D eigenvalue weighted by atomic mass is 19.1. The van der Waals surface area contributed by atoms with Crippen LogP contribution in [0.3, 0.4) is 0 Å². The fourth-order valence-electron chi connectivity index (χ4n) is 1.61. The monoisotopic (exact) mass is 321 g/mol.